The molecule has 0 aromatic heterocycles. The van der Waals surface area contributed by atoms with E-state index in [1.54, 1.807) is 0 Å². The second-order valence-corrected chi connectivity index (χ2v) is 2.20. The molecule has 0 amide bonds. The van der Waals surface area contributed by atoms with Gasteiger partial charge in [0.15, 0.2) is 0 Å². The molecule has 0 aromatic carbocycles. The first-order valence-electron chi connectivity index (χ1n) is 3.69. The maximum absolute atomic E-state index is 9.09. The van der Waals surface area contributed by atoms with Crippen LogP contribution in [0.3, 0.4) is 0 Å². The van der Waals surface area contributed by atoms with Gasteiger partial charge in [0.05, 0.1) is 6.10 Å². The molecule has 1 heteroatoms. The second-order valence-electron chi connectivity index (χ2n) is 2.20. The monoisotopic (exact) mass is 102 g/mol. The van der Waals surface area contributed by atoms with Gasteiger partial charge in [0.1, 0.15) is 0 Å². The summed E-state index contributed by atoms with van der Waals surface area (Å²) in [5.41, 5.74) is 0. The van der Waals surface area contributed by atoms with E-state index < -0.39 is 12.5 Å². The van der Waals surface area contributed by atoms with E-state index in [1.807, 2.05) is 6.92 Å². The Morgan fingerprint density at radius 2 is 2.43 bits per heavy atom. The molecule has 7 heavy (non-hydrogen) atoms. The first-order valence-corrected chi connectivity index (χ1v) is 2.69. The lowest BCUT2D eigenvalue weighted by Gasteiger charge is -2.04. The molecule has 1 N–H and O–H groups in total. The van der Waals surface area contributed by atoms with Crippen molar-refractivity contribution in [3.63, 3.8) is 0 Å². The lowest BCUT2D eigenvalue weighted by molar-refractivity contribution is 0.141. The van der Waals surface area contributed by atoms with E-state index in [4.69, 9.17) is 7.85 Å². The molecule has 1 nitrogen and oxygen atoms in total. The minimum atomic E-state index is -1.11. The highest BCUT2D eigenvalue weighted by Crippen LogP contribution is 2.23. The Morgan fingerprint density at radius 3 is 2.57 bits per heavy atom. The SMILES string of the molecule is [2H]C1([2H])C[C@@H](C)[C@@H](O)C1. The molecule has 0 bridgehead atoms. The minimum absolute atomic E-state index is 0.139. The van der Waals surface area contributed by atoms with Gasteiger partial charge in [-0.1, -0.05) is 13.3 Å². The summed E-state index contributed by atoms with van der Waals surface area (Å²) in [6.07, 6.45) is -0.707. The van der Waals surface area contributed by atoms with Crippen molar-refractivity contribution in [2.24, 2.45) is 5.92 Å². The predicted molar refractivity (Wildman–Crippen MR) is 29.0 cm³/mol. The Hall–Kier alpha value is -0.0400. The average molecular weight is 102 g/mol. The highest BCUT2D eigenvalue weighted by atomic mass is 16.3. The summed E-state index contributed by atoms with van der Waals surface area (Å²) < 4.78 is 14.5. The van der Waals surface area contributed by atoms with Gasteiger partial charge in [-0.3, -0.25) is 0 Å². The molecule has 0 spiro atoms. The van der Waals surface area contributed by atoms with Crippen LogP contribution in [0.1, 0.15) is 28.9 Å². The van der Waals surface area contributed by atoms with Gasteiger partial charge in [-0.15, -0.1) is 0 Å². The third-order valence-electron chi connectivity index (χ3n) is 1.48. The largest absolute Gasteiger partial charge is 0.393 e. The molecule has 2 atom stereocenters. The fraction of sp³-hybridized carbons (Fsp3) is 1.00. The van der Waals surface area contributed by atoms with Crippen LogP contribution in [0, 0.1) is 5.92 Å². The Bertz CT molecular complexity index is 102. The highest BCUT2D eigenvalue weighted by Gasteiger charge is 2.19. The van der Waals surface area contributed by atoms with Crippen molar-refractivity contribution in [3.8, 4) is 0 Å². The summed E-state index contributed by atoms with van der Waals surface area (Å²) >= 11 is 0. The zero-order chi connectivity index (χ0) is 7.07. The first-order chi connectivity index (χ1) is 4.01. The molecule has 1 aliphatic carbocycles. The first kappa shape index (κ1) is 3.08. The summed E-state index contributed by atoms with van der Waals surface area (Å²) in [6.45, 7) is 1.88. The number of aliphatic hydroxyl groups is 1. The molecule has 0 saturated heterocycles. The zero-order valence-corrected chi connectivity index (χ0v) is 4.52. The van der Waals surface area contributed by atoms with Crippen LogP contribution in [0.15, 0.2) is 0 Å². The van der Waals surface area contributed by atoms with Gasteiger partial charge < -0.3 is 5.11 Å². The quantitative estimate of drug-likeness (QED) is 0.486. The topological polar surface area (TPSA) is 20.2 Å². The van der Waals surface area contributed by atoms with E-state index in [9.17, 15) is 0 Å². The van der Waals surface area contributed by atoms with Crippen LogP contribution in [0.4, 0.5) is 0 Å². The summed E-state index contributed by atoms with van der Waals surface area (Å²) in [6, 6.07) is 0. The maximum atomic E-state index is 9.09. The van der Waals surface area contributed by atoms with E-state index >= 15 is 0 Å². The van der Waals surface area contributed by atoms with E-state index in [0.29, 0.717) is 12.8 Å². The van der Waals surface area contributed by atoms with E-state index in [2.05, 4.69) is 0 Å². The minimum Gasteiger partial charge on any atom is -0.393 e. The maximum Gasteiger partial charge on any atom is 0.0565 e. The van der Waals surface area contributed by atoms with Crippen molar-refractivity contribution in [1.29, 1.82) is 0 Å². The van der Waals surface area contributed by atoms with Crippen LogP contribution in [0.25, 0.3) is 0 Å². The Morgan fingerprint density at radius 1 is 1.71 bits per heavy atom. The van der Waals surface area contributed by atoms with Gasteiger partial charge in [0, 0.05) is 2.74 Å². The molecule has 0 unspecified atom stereocenters. The summed E-state index contributed by atoms with van der Waals surface area (Å²) in [5.74, 6) is 0.139. The fourth-order valence-corrected chi connectivity index (χ4v) is 0.796. The van der Waals surface area contributed by atoms with Gasteiger partial charge in [0.25, 0.3) is 0 Å². The molecule has 1 aliphatic rings. The van der Waals surface area contributed by atoms with Crippen LogP contribution < -0.4 is 0 Å². The molecule has 0 radical (unpaired) electrons. The van der Waals surface area contributed by atoms with E-state index in [-0.39, 0.29) is 5.92 Å². The Balaban J connectivity index is 2.54. The molecule has 42 valence electrons. The lowest BCUT2D eigenvalue weighted by atomic mass is 10.1. The van der Waals surface area contributed by atoms with Crippen LogP contribution in [-0.2, 0) is 0 Å². The van der Waals surface area contributed by atoms with Crippen molar-refractivity contribution < 1.29 is 7.85 Å². The fourth-order valence-electron chi connectivity index (χ4n) is 0.796. The number of aliphatic hydroxyl groups excluding tert-OH is 1. The van der Waals surface area contributed by atoms with Gasteiger partial charge in [-0.2, -0.15) is 0 Å². The molecular formula is C6H12O. The number of hydrogen-bond acceptors (Lipinski definition) is 1. The van der Waals surface area contributed by atoms with Gasteiger partial charge in [0.2, 0.25) is 0 Å². The molecule has 0 aromatic rings. The third-order valence-corrected chi connectivity index (χ3v) is 1.48. The van der Waals surface area contributed by atoms with Crippen molar-refractivity contribution >= 4 is 0 Å². The smallest absolute Gasteiger partial charge is 0.0565 e. The normalized spacial score (nSPS) is 53.4. The van der Waals surface area contributed by atoms with Crippen LogP contribution in [0.5, 0.6) is 0 Å². The summed E-state index contributed by atoms with van der Waals surface area (Å²) in [4.78, 5) is 0. The molecule has 0 heterocycles. The molecule has 1 rings (SSSR count). The Labute approximate surface area is 47.2 Å². The predicted octanol–water partition coefficient (Wildman–Crippen LogP) is 1.17. The van der Waals surface area contributed by atoms with Gasteiger partial charge >= 0.3 is 0 Å². The van der Waals surface area contributed by atoms with Crippen molar-refractivity contribution in [3.05, 3.63) is 0 Å². The molecule has 1 saturated carbocycles. The highest BCUT2D eigenvalue weighted by molar-refractivity contribution is 4.71. The van der Waals surface area contributed by atoms with Crippen LogP contribution in [-0.4, -0.2) is 11.2 Å². The molecule has 1 fully saturated rings. The van der Waals surface area contributed by atoms with Crippen LogP contribution in [0.2, 0.25) is 0 Å². The molecule has 0 aliphatic heterocycles. The van der Waals surface area contributed by atoms with Crippen molar-refractivity contribution in [2.45, 2.75) is 32.2 Å². The third kappa shape index (κ3) is 0.942. The summed E-state index contributed by atoms with van der Waals surface area (Å²) in [5, 5.41) is 9.09. The average Bonchev–Trinajstić information content (AvgIpc) is 1.79. The van der Waals surface area contributed by atoms with E-state index in [0.717, 1.165) is 0 Å². The van der Waals surface area contributed by atoms with Crippen molar-refractivity contribution in [1.82, 2.24) is 0 Å². The summed E-state index contributed by atoms with van der Waals surface area (Å²) in [7, 11) is 0. The lowest BCUT2D eigenvalue weighted by Crippen LogP contribution is -2.07. The number of hydrogen-bond donors (Lipinski definition) is 1. The van der Waals surface area contributed by atoms with Crippen molar-refractivity contribution in [2.75, 3.05) is 0 Å². The standard InChI is InChI=1S/C6H12O/c1-5-3-2-4-6(5)7/h5-7H,2-4H2,1H3/t5-,6+/m1/s1/i2D2. The van der Waals surface area contributed by atoms with E-state index in [1.165, 1.54) is 0 Å². The number of rotatable bonds is 0. The van der Waals surface area contributed by atoms with Gasteiger partial charge in [-0.05, 0) is 18.8 Å². The molecular weight excluding hydrogens is 88.1 g/mol. The Kier molecular flexibility index (Phi) is 0.803. The van der Waals surface area contributed by atoms with Gasteiger partial charge in [-0.25, -0.2) is 0 Å². The second kappa shape index (κ2) is 1.83. The van der Waals surface area contributed by atoms with Crippen LogP contribution >= 0.6 is 0 Å². The zero-order valence-electron chi connectivity index (χ0n) is 6.52.